The Morgan fingerprint density at radius 3 is 2.76 bits per heavy atom. The van der Waals surface area contributed by atoms with Gasteiger partial charge in [0.2, 0.25) is 0 Å². The van der Waals surface area contributed by atoms with Crippen LogP contribution >= 0.6 is 0 Å². The molecule has 17 heavy (non-hydrogen) atoms. The number of allylic oxidation sites excluding steroid dienone is 3. The van der Waals surface area contributed by atoms with E-state index in [0.29, 0.717) is 12.3 Å². The Bertz CT molecular complexity index is 497. The van der Waals surface area contributed by atoms with Gasteiger partial charge in [-0.05, 0) is 29.7 Å². The molecule has 0 spiro atoms. The highest BCUT2D eigenvalue weighted by Gasteiger charge is 2.27. The fourth-order valence-corrected chi connectivity index (χ4v) is 2.56. The second-order valence-electron chi connectivity index (χ2n) is 4.47. The summed E-state index contributed by atoms with van der Waals surface area (Å²) < 4.78 is 5.62. The van der Waals surface area contributed by atoms with E-state index in [-0.39, 0.29) is 5.78 Å². The molecule has 0 saturated carbocycles. The van der Waals surface area contributed by atoms with E-state index in [1.807, 2.05) is 24.3 Å². The van der Waals surface area contributed by atoms with E-state index in [4.69, 9.17) is 4.74 Å². The summed E-state index contributed by atoms with van der Waals surface area (Å²) in [4.78, 5) is 11.5. The summed E-state index contributed by atoms with van der Waals surface area (Å²) in [6.07, 6.45) is 4.90. The molecule has 2 nitrogen and oxygen atoms in total. The maximum absolute atomic E-state index is 11.5. The number of hydrogen-bond donors (Lipinski definition) is 0. The number of ketones is 1. The van der Waals surface area contributed by atoms with Crippen molar-refractivity contribution in [1.82, 2.24) is 0 Å². The van der Waals surface area contributed by atoms with E-state index >= 15 is 0 Å². The van der Waals surface area contributed by atoms with Gasteiger partial charge in [0.25, 0.3) is 0 Å². The van der Waals surface area contributed by atoms with Gasteiger partial charge in [-0.25, -0.2) is 0 Å². The third kappa shape index (κ3) is 1.91. The van der Waals surface area contributed by atoms with Gasteiger partial charge in [-0.2, -0.15) is 0 Å². The van der Waals surface area contributed by atoms with Crippen LogP contribution in [0.4, 0.5) is 0 Å². The Labute approximate surface area is 101 Å². The molecular formula is C15H14O2. The van der Waals surface area contributed by atoms with E-state index in [2.05, 4.69) is 12.1 Å². The average Bonchev–Trinajstić information content (AvgIpc) is 2.39. The van der Waals surface area contributed by atoms with Gasteiger partial charge in [0.1, 0.15) is 5.76 Å². The third-order valence-electron chi connectivity index (χ3n) is 3.39. The first-order chi connectivity index (χ1) is 8.34. The van der Waals surface area contributed by atoms with Crippen molar-refractivity contribution in [3.05, 3.63) is 59.4 Å². The minimum absolute atomic E-state index is 0.176. The van der Waals surface area contributed by atoms with Crippen molar-refractivity contribution >= 4 is 5.78 Å². The largest absolute Gasteiger partial charge is 0.494 e. The summed E-state index contributed by atoms with van der Waals surface area (Å²) in [5, 5.41) is 0. The van der Waals surface area contributed by atoms with E-state index < -0.39 is 0 Å². The van der Waals surface area contributed by atoms with E-state index in [1.165, 1.54) is 5.56 Å². The number of ether oxygens (including phenoxy) is 1. The van der Waals surface area contributed by atoms with Crippen LogP contribution in [0.3, 0.4) is 0 Å². The summed E-state index contributed by atoms with van der Waals surface area (Å²) in [5.74, 6) is 1.42. The van der Waals surface area contributed by atoms with Crippen LogP contribution < -0.4 is 0 Å². The van der Waals surface area contributed by atoms with Gasteiger partial charge in [0, 0.05) is 12.3 Å². The number of hydrogen-bond acceptors (Lipinski definition) is 2. The number of carbonyl (C=O) groups is 1. The van der Waals surface area contributed by atoms with E-state index in [1.54, 1.807) is 6.08 Å². The molecule has 0 bridgehead atoms. The lowest BCUT2D eigenvalue weighted by atomic mass is 9.82. The molecule has 0 saturated heterocycles. The Morgan fingerprint density at radius 1 is 1.12 bits per heavy atom. The molecular weight excluding hydrogens is 212 g/mol. The Kier molecular flexibility index (Phi) is 2.56. The molecule has 2 aliphatic rings. The number of benzene rings is 1. The molecule has 2 heteroatoms. The zero-order chi connectivity index (χ0) is 11.7. The second-order valence-corrected chi connectivity index (χ2v) is 4.47. The smallest absolute Gasteiger partial charge is 0.160 e. The van der Waals surface area contributed by atoms with Crippen LogP contribution in [0.15, 0.2) is 53.8 Å². The van der Waals surface area contributed by atoms with Gasteiger partial charge < -0.3 is 4.74 Å². The van der Waals surface area contributed by atoms with Crippen LogP contribution in [0.25, 0.3) is 0 Å². The van der Waals surface area contributed by atoms with Crippen molar-refractivity contribution in [2.24, 2.45) is 0 Å². The third-order valence-corrected chi connectivity index (χ3v) is 3.39. The minimum atomic E-state index is 0.176. The van der Waals surface area contributed by atoms with Crippen molar-refractivity contribution in [1.29, 1.82) is 0 Å². The molecule has 1 aromatic carbocycles. The Hall–Kier alpha value is -1.83. The summed E-state index contributed by atoms with van der Waals surface area (Å²) in [5.41, 5.74) is 2.43. The van der Waals surface area contributed by atoms with Gasteiger partial charge in [0.15, 0.2) is 5.78 Å². The van der Waals surface area contributed by atoms with Gasteiger partial charge in [0.05, 0.1) is 6.61 Å². The lowest BCUT2D eigenvalue weighted by molar-refractivity contribution is -0.114. The van der Waals surface area contributed by atoms with Crippen molar-refractivity contribution in [3.8, 4) is 0 Å². The van der Waals surface area contributed by atoms with Crippen LogP contribution in [0.2, 0.25) is 0 Å². The van der Waals surface area contributed by atoms with Crippen LogP contribution in [-0.2, 0) is 9.53 Å². The molecule has 0 N–H and O–H groups in total. The highest BCUT2D eigenvalue weighted by molar-refractivity contribution is 5.93. The average molecular weight is 226 g/mol. The van der Waals surface area contributed by atoms with Crippen molar-refractivity contribution < 1.29 is 9.53 Å². The molecule has 86 valence electrons. The highest BCUT2D eigenvalue weighted by atomic mass is 16.5. The first-order valence-electron chi connectivity index (χ1n) is 5.96. The van der Waals surface area contributed by atoms with Crippen molar-refractivity contribution in [2.45, 2.75) is 18.8 Å². The minimum Gasteiger partial charge on any atom is -0.494 e. The fraction of sp³-hybridized carbons (Fsp3) is 0.267. The van der Waals surface area contributed by atoms with Gasteiger partial charge in [-0.3, -0.25) is 4.79 Å². The molecule has 1 unspecified atom stereocenters. The lowest BCUT2D eigenvalue weighted by Crippen LogP contribution is -2.19. The molecule has 1 atom stereocenters. The zero-order valence-electron chi connectivity index (χ0n) is 9.56. The maximum Gasteiger partial charge on any atom is 0.160 e. The Balaban J connectivity index is 2.00. The summed E-state index contributed by atoms with van der Waals surface area (Å²) in [7, 11) is 0. The van der Waals surface area contributed by atoms with Crippen molar-refractivity contribution in [3.63, 3.8) is 0 Å². The Morgan fingerprint density at radius 2 is 1.94 bits per heavy atom. The highest BCUT2D eigenvalue weighted by Crippen LogP contribution is 2.38. The van der Waals surface area contributed by atoms with Crippen molar-refractivity contribution in [2.75, 3.05) is 6.61 Å². The molecule has 0 fully saturated rings. The summed E-state index contributed by atoms with van der Waals surface area (Å²) >= 11 is 0. The molecule has 3 rings (SSSR count). The maximum atomic E-state index is 11.5. The molecule has 1 aliphatic carbocycles. The van der Waals surface area contributed by atoms with Gasteiger partial charge in [-0.15, -0.1) is 0 Å². The second kappa shape index (κ2) is 4.21. The van der Waals surface area contributed by atoms with Crippen LogP contribution in [0, 0.1) is 0 Å². The quantitative estimate of drug-likeness (QED) is 0.736. The lowest BCUT2D eigenvalue weighted by Gasteiger charge is -2.29. The van der Waals surface area contributed by atoms with Gasteiger partial charge >= 0.3 is 0 Å². The normalized spacial score (nSPS) is 23.3. The predicted octanol–water partition coefficient (Wildman–Crippen LogP) is 2.97. The number of rotatable bonds is 1. The van der Waals surface area contributed by atoms with Crippen LogP contribution in [0.1, 0.15) is 24.3 Å². The van der Waals surface area contributed by atoms with E-state index in [0.717, 1.165) is 24.4 Å². The monoisotopic (exact) mass is 226 g/mol. The molecule has 1 aromatic rings. The standard InChI is InChI=1S/C15H14O2/c16-12-6-7-15-14(10-12)13(8-9-17-15)11-4-2-1-3-5-11/h1-7,13H,8-10H2. The van der Waals surface area contributed by atoms with Crippen LogP contribution in [-0.4, -0.2) is 12.4 Å². The molecule has 0 radical (unpaired) electrons. The predicted molar refractivity (Wildman–Crippen MR) is 65.5 cm³/mol. The zero-order valence-corrected chi connectivity index (χ0v) is 9.56. The summed E-state index contributed by atoms with van der Waals surface area (Å²) in [6, 6.07) is 10.4. The topological polar surface area (TPSA) is 26.3 Å². The first-order valence-corrected chi connectivity index (χ1v) is 5.96. The molecule has 1 heterocycles. The molecule has 0 amide bonds. The fourth-order valence-electron chi connectivity index (χ4n) is 2.56. The molecule has 0 aromatic heterocycles. The number of carbonyl (C=O) groups excluding carboxylic acids is 1. The SMILES string of the molecule is O=C1C=CC2=C(C1)C(c1ccccc1)CCO2. The summed E-state index contributed by atoms with van der Waals surface area (Å²) in [6.45, 7) is 0.733. The first kappa shape index (κ1) is 10.3. The van der Waals surface area contributed by atoms with Gasteiger partial charge in [-0.1, -0.05) is 30.3 Å². The van der Waals surface area contributed by atoms with E-state index in [9.17, 15) is 4.79 Å². The molecule has 1 aliphatic heterocycles. The van der Waals surface area contributed by atoms with Crippen LogP contribution in [0.5, 0.6) is 0 Å².